The molecule has 1 heterocycles. The molecule has 0 bridgehead atoms. The molecule has 1 aliphatic rings. The van der Waals surface area contributed by atoms with Crippen molar-refractivity contribution in [1.29, 1.82) is 0 Å². The number of hydrogen-bond donors (Lipinski definition) is 0. The van der Waals surface area contributed by atoms with Crippen molar-refractivity contribution in [2.24, 2.45) is 0 Å². The number of carbonyl (C=O) groups excluding carboxylic acids is 2. The standard InChI is InChI=1S/C17H23NO5/c1-17(2,3)23-15(19)10-18-9-14(22-16(18)20)12-21-11-13-7-5-4-6-8-13/h4-8,14H,9-12H2,1-3H3/t14-/m0/s1. The first kappa shape index (κ1) is 17.3. The van der Waals surface area contributed by atoms with E-state index in [1.54, 1.807) is 20.8 Å². The first-order valence-corrected chi connectivity index (χ1v) is 7.62. The number of nitrogens with zero attached hydrogens (tertiary/aromatic N) is 1. The third-order valence-corrected chi connectivity index (χ3v) is 3.10. The van der Waals surface area contributed by atoms with E-state index in [0.29, 0.717) is 19.8 Å². The van der Waals surface area contributed by atoms with Crippen LogP contribution in [0.25, 0.3) is 0 Å². The molecule has 1 aromatic carbocycles. The van der Waals surface area contributed by atoms with Crippen LogP contribution in [0.4, 0.5) is 4.79 Å². The molecule has 1 amide bonds. The van der Waals surface area contributed by atoms with Crippen molar-refractivity contribution >= 4 is 12.1 Å². The molecule has 0 N–H and O–H groups in total. The first-order chi connectivity index (χ1) is 10.8. The Morgan fingerprint density at radius 1 is 1.30 bits per heavy atom. The summed E-state index contributed by atoms with van der Waals surface area (Å²) in [6.45, 7) is 6.33. The summed E-state index contributed by atoms with van der Waals surface area (Å²) in [6, 6.07) is 9.76. The normalized spacial score (nSPS) is 18.0. The molecule has 1 fully saturated rings. The fourth-order valence-electron chi connectivity index (χ4n) is 2.20. The zero-order valence-corrected chi connectivity index (χ0v) is 13.8. The lowest BCUT2D eigenvalue weighted by molar-refractivity contribution is -0.155. The van der Waals surface area contributed by atoms with Gasteiger partial charge in [0.2, 0.25) is 0 Å². The first-order valence-electron chi connectivity index (χ1n) is 7.62. The van der Waals surface area contributed by atoms with E-state index in [4.69, 9.17) is 14.2 Å². The van der Waals surface area contributed by atoms with Crippen molar-refractivity contribution < 1.29 is 23.8 Å². The number of esters is 1. The van der Waals surface area contributed by atoms with Crippen LogP contribution in [0.5, 0.6) is 0 Å². The summed E-state index contributed by atoms with van der Waals surface area (Å²) < 4.78 is 16.0. The highest BCUT2D eigenvalue weighted by Gasteiger charge is 2.33. The van der Waals surface area contributed by atoms with Crippen LogP contribution in [0.3, 0.4) is 0 Å². The topological polar surface area (TPSA) is 65.1 Å². The Balaban J connectivity index is 1.73. The van der Waals surface area contributed by atoms with Gasteiger partial charge in [-0.3, -0.25) is 9.69 Å². The number of carbonyl (C=O) groups is 2. The molecule has 0 spiro atoms. The van der Waals surface area contributed by atoms with Gasteiger partial charge in [-0.2, -0.15) is 0 Å². The summed E-state index contributed by atoms with van der Waals surface area (Å²) >= 11 is 0. The molecule has 0 radical (unpaired) electrons. The molecule has 23 heavy (non-hydrogen) atoms. The number of ether oxygens (including phenoxy) is 3. The Morgan fingerprint density at radius 3 is 2.65 bits per heavy atom. The summed E-state index contributed by atoms with van der Waals surface area (Å²) in [4.78, 5) is 24.9. The van der Waals surface area contributed by atoms with Gasteiger partial charge in [0.1, 0.15) is 18.2 Å². The molecule has 1 saturated heterocycles. The molecule has 6 nitrogen and oxygen atoms in total. The van der Waals surface area contributed by atoms with E-state index >= 15 is 0 Å². The quantitative estimate of drug-likeness (QED) is 0.753. The van der Waals surface area contributed by atoms with E-state index < -0.39 is 17.7 Å². The largest absolute Gasteiger partial charge is 0.459 e. The van der Waals surface area contributed by atoms with Crippen molar-refractivity contribution in [2.75, 3.05) is 19.7 Å². The second-order valence-electron chi connectivity index (χ2n) is 6.47. The summed E-state index contributed by atoms with van der Waals surface area (Å²) in [7, 11) is 0. The third kappa shape index (κ3) is 5.90. The molecule has 2 rings (SSSR count). The second-order valence-corrected chi connectivity index (χ2v) is 6.47. The van der Waals surface area contributed by atoms with Crippen molar-refractivity contribution in [1.82, 2.24) is 4.90 Å². The number of cyclic esters (lactones) is 1. The zero-order chi connectivity index (χ0) is 16.9. The summed E-state index contributed by atoms with van der Waals surface area (Å²) in [6.07, 6.45) is -0.877. The number of rotatable bonds is 6. The molecule has 1 aromatic rings. The van der Waals surface area contributed by atoms with Crippen LogP contribution in [0.2, 0.25) is 0 Å². The Labute approximate surface area is 136 Å². The Hall–Kier alpha value is -2.08. The molecular weight excluding hydrogens is 298 g/mol. The van der Waals surface area contributed by atoms with Gasteiger partial charge in [0, 0.05) is 0 Å². The van der Waals surface area contributed by atoms with Crippen LogP contribution in [-0.4, -0.2) is 48.4 Å². The summed E-state index contributed by atoms with van der Waals surface area (Å²) in [5.41, 5.74) is 0.487. The molecule has 1 aliphatic heterocycles. The summed E-state index contributed by atoms with van der Waals surface area (Å²) in [5, 5.41) is 0. The highest BCUT2D eigenvalue weighted by Crippen LogP contribution is 2.14. The highest BCUT2D eigenvalue weighted by molar-refractivity contribution is 5.79. The van der Waals surface area contributed by atoms with Crippen LogP contribution in [0, 0.1) is 0 Å². The lowest BCUT2D eigenvalue weighted by atomic mass is 10.2. The number of benzene rings is 1. The highest BCUT2D eigenvalue weighted by atomic mass is 16.6. The van der Waals surface area contributed by atoms with Crippen LogP contribution >= 0.6 is 0 Å². The van der Waals surface area contributed by atoms with Gasteiger partial charge in [-0.25, -0.2) is 4.79 Å². The fourth-order valence-corrected chi connectivity index (χ4v) is 2.20. The lowest BCUT2D eigenvalue weighted by Gasteiger charge is -2.21. The van der Waals surface area contributed by atoms with Gasteiger partial charge in [-0.15, -0.1) is 0 Å². The van der Waals surface area contributed by atoms with Gasteiger partial charge in [0.25, 0.3) is 0 Å². The minimum Gasteiger partial charge on any atom is -0.459 e. The van der Waals surface area contributed by atoms with E-state index in [0.717, 1.165) is 5.56 Å². The maximum atomic E-state index is 11.8. The molecule has 1 atom stereocenters. The van der Waals surface area contributed by atoms with Crippen molar-refractivity contribution in [3.63, 3.8) is 0 Å². The Morgan fingerprint density at radius 2 is 2.00 bits per heavy atom. The maximum absolute atomic E-state index is 11.8. The third-order valence-electron chi connectivity index (χ3n) is 3.10. The number of amides is 1. The molecule has 6 heteroatoms. The van der Waals surface area contributed by atoms with Gasteiger partial charge in [0.15, 0.2) is 0 Å². The fraction of sp³-hybridized carbons (Fsp3) is 0.529. The van der Waals surface area contributed by atoms with Crippen molar-refractivity contribution in [3.05, 3.63) is 35.9 Å². The van der Waals surface area contributed by atoms with Crippen LogP contribution in [-0.2, 0) is 25.6 Å². The van der Waals surface area contributed by atoms with Crippen LogP contribution in [0.15, 0.2) is 30.3 Å². The zero-order valence-electron chi connectivity index (χ0n) is 13.8. The Bertz CT molecular complexity index is 538. The average molecular weight is 321 g/mol. The van der Waals surface area contributed by atoms with Gasteiger partial charge in [0.05, 0.1) is 19.8 Å². The predicted octanol–water partition coefficient (Wildman–Crippen LogP) is 2.37. The molecule has 0 unspecified atom stereocenters. The maximum Gasteiger partial charge on any atom is 0.410 e. The van der Waals surface area contributed by atoms with Gasteiger partial charge in [-0.05, 0) is 26.3 Å². The molecule has 0 saturated carbocycles. The Kier molecular flexibility index (Phi) is 5.60. The van der Waals surface area contributed by atoms with Crippen LogP contribution < -0.4 is 0 Å². The summed E-state index contributed by atoms with van der Waals surface area (Å²) in [5.74, 6) is -0.444. The van der Waals surface area contributed by atoms with Crippen molar-refractivity contribution in [2.45, 2.75) is 39.1 Å². The minimum atomic E-state index is -0.571. The van der Waals surface area contributed by atoms with E-state index in [9.17, 15) is 9.59 Å². The molecule has 126 valence electrons. The lowest BCUT2D eigenvalue weighted by Crippen LogP contribution is -2.36. The molecule has 0 aromatic heterocycles. The monoisotopic (exact) mass is 321 g/mol. The van der Waals surface area contributed by atoms with E-state index in [1.165, 1.54) is 4.90 Å². The van der Waals surface area contributed by atoms with E-state index in [1.807, 2.05) is 30.3 Å². The average Bonchev–Trinajstić information content (AvgIpc) is 2.78. The second kappa shape index (κ2) is 7.46. The smallest absolute Gasteiger partial charge is 0.410 e. The van der Waals surface area contributed by atoms with Crippen LogP contribution in [0.1, 0.15) is 26.3 Å². The van der Waals surface area contributed by atoms with Gasteiger partial charge < -0.3 is 14.2 Å². The van der Waals surface area contributed by atoms with Gasteiger partial charge in [-0.1, -0.05) is 30.3 Å². The predicted molar refractivity (Wildman–Crippen MR) is 83.8 cm³/mol. The molecular formula is C17H23NO5. The van der Waals surface area contributed by atoms with E-state index in [2.05, 4.69) is 0 Å². The molecule has 0 aliphatic carbocycles. The SMILES string of the molecule is CC(C)(C)OC(=O)CN1C[C@@H](COCc2ccccc2)OC1=O. The van der Waals surface area contributed by atoms with Gasteiger partial charge >= 0.3 is 12.1 Å². The van der Waals surface area contributed by atoms with Crippen molar-refractivity contribution in [3.8, 4) is 0 Å². The minimum absolute atomic E-state index is 0.106. The number of hydrogen-bond acceptors (Lipinski definition) is 5. The van der Waals surface area contributed by atoms with E-state index in [-0.39, 0.29) is 12.6 Å².